The molecule has 3 nitrogen and oxygen atoms in total. The number of benzene rings is 1. The summed E-state index contributed by atoms with van der Waals surface area (Å²) in [4.78, 5) is 4.44. The number of aryl methyl sites for hydroxylation is 1. The first-order valence-corrected chi connectivity index (χ1v) is 6.86. The smallest absolute Gasteiger partial charge is 0.123 e. The molecule has 4 heteroatoms. The van der Waals surface area contributed by atoms with Crippen LogP contribution in [0.1, 0.15) is 29.2 Å². The molecule has 18 heavy (non-hydrogen) atoms. The number of methoxy groups -OCH3 is 1. The van der Waals surface area contributed by atoms with E-state index in [1.165, 1.54) is 5.56 Å². The maximum absolute atomic E-state index is 5.37. The molecule has 1 aromatic heterocycles. The number of nitrogens with one attached hydrogen (secondary N) is 1. The highest BCUT2D eigenvalue weighted by molar-refractivity contribution is 7.09. The number of hydrogen-bond acceptors (Lipinski definition) is 4. The number of thiazole rings is 1. The minimum Gasteiger partial charge on any atom is -0.496 e. The van der Waals surface area contributed by atoms with E-state index < -0.39 is 0 Å². The predicted octanol–water partition coefficient (Wildman–Crippen LogP) is 3.31. The van der Waals surface area contributed by atoms with E-state index in [1.54, 1.807) is 18.4 Å². The highest BCUT2D eigenvalue weighted by Gasteiger charge is 2.10. The summed E-state index contributed by atoms with van der Waals surface area (Å²) in [5.74, 6) is 0.923. The molecule has 2 rings (SSSR count). The molecule has 0 aliphatic rings. The summed E-state index contributed by atoms with van der Waals surface area (Å²) in [5, 5.41) is 6.67. The third-order valence-electron chi connectivity index (χ3n) is 2.86. The fourth-order valence-corrected chi connectivity index (χ4v) is 2.49. The lowest BCUT2D eigenvalue weighted by atomic mass is 10.1. The lowest BCUT2D eigenvalue weighted by Gasteiger charge is -2.16. The van der Waals surface area contributed by atoms with Crippen LogP contribution in [0.4, 0.5) is 0 Å². The molecule has 0 aliphatic heterocycles. The van der Waals surface area contributed by atoms with Gasteiger partial charge >= 0.3 is 0 Å². The van der Waals surface area contributed by atoms with Gasteiger partial charge in [0.15, 0.2) is 0 Å². The Morgan fingerprint density at radius 3 is 2.83 bits per heavy atom. The van der Waals surface area contributed by atoms with Crippen molar-refractivity contribution in [3.8, 4) is 5.75 Å². The van der Waals surface area contributed by atoms with Crippen LogP contribution in [0.15, 0.2) is 29.6 Å². The zero-order valence-corrected chi connectivity index (χ0v) is 11.8. The largest absolute Gasteiger partial charge is 0.496 e. The SMILES string of the molecule is COc1ccccc1[C@H](C)NCc1csc(C)n1. The molecular formula is C14H18N2OS. The number of ether oxygens (including phenoxy) is 1. The Morgan fingerprint density at radius 2 is 2.17 bits per heavy atom. The van der Waals surface area contributed by atoms with Gasteiger partial charge in [-0.05, 0) is 19.9 Å². The summed E-state index contributed by atoms with van der Waals surface area (Å²) in [6.07, 6.45) is 0. The number of nitrogens with zero attached hydrogens (tertiary/aromatic N) is 1. The first-order chi connectivity index (χ1) is 8.70. The van der Waals surface area contributed by atoms with Crippen molar-refractivity contribution in [1.29, 1.82) is 0 Å². The van der Waals surface area contributed by atoms with Gasteiger partial charge in [-0.2, -0.15) is 0 Å². The van der Waals surface area contributed by atoms with Crippen LogP contribution in [0.2, 0.25) is 0 Å². The molecule has 0 bridgehead atoms. The molecule has 1 heterocycles. The Morgan fingerprint density at radius 1 is 1.39 bits per heavy atom. The van der Waals surface area contributed by atoms with E-state index in [2.05, 4.69) is 28.7 Å². The average molecular weight is 262 g/mol. The van der Waals surface area contributed by atoms with Crippen LogP contribution < -0.4 is 10.1 Å². The molecule has 2 aromatic rings. The van der Waals surface area contributed by atoms with E-state index >= 15 is 0 Å². The van der Waals surface area contributed by atoms with E-state index in [-0.39, 0.29) is 6.04 Å². The van der Waals surface area contributed by atoms with Crippen molar-refractivity contribution in [3.05, 3.63) is 45.9 Å². The fraction of sp³-hybridized carbons (Fsp3) is 0.357. The van der Waals surface area contributed by atoms with Crippen LogP contribution >= 0.6 is 11.3 Å². The Kier molecular flexibility index (Phi) is 4.33. The second-order valence-corrected chi connectivity index (χ2v) is 5.26. The molecule has 0 aliphatic carbocycles. The van der Waals surface area contributed by atoms with E-state index in [0.29, 0.717) is 0 Å². The van der Waals surface area contributed by atoms with Crippen molar-refractivity contribution in [3.63, 3.8) is 0 Å². The summed E-state index contributed by atoms with van der Waals surface area (Å²) in [6, 6.07) is 8.33. The van der Waals surface area contributed by atoms with Gasteiger partial charge in [0.2, 0.25) is 0 Å². The average Bonchev–Trinajstić information content (AvgIpc) is 2.81. The molecule has 1 N–H and O–H groups in total. The molecule has 0 saturated carbocycles. The lowest BCUT2D eigenvalue weighted by molar-refractivity contribution is 0.401. The third kappa shape index (κ3) is 3.09. The Bertz CT molecular complexity index is 510. The highest BCUT2D eigenvalue weighted by Crippen LogP contribution is 2.24. The lowest BCUT2D eigenvalue weighted by Crippen LogP contribution is -2.18. The van der Waals surface area contributed by atoms with Gasteiger partial charge in [0, 0.05) is 23.5 Å². The number of rotatable bonds is 5. The molecule has 1 atom stereocenters. The number of aromatic nitrogens is 1. The van der Waals surface area contributed by atoms with Crippen molar-refractivity contribution in [2.75, 3.05) is 7.11 Å². The minimum atomic E-state index is 0.239. The van der Waals surface area contributed by atoms with Crippen LogP contribution in [-0.2, 0) is 6.54 Å². The molecular weight excluding hydrogens is 244 g/mol. The summed E-state index contributed by atoms with van der Waals surface area (Å²) < 4.78 is 5.37. The predicted molar refractivity (Wildman–Crippen MR) is 75.1 cm³/mol. The van der Waals surface area contributed by atoms with Crippen molar-refractivity contribution in [1.82, 2.24) is 10.3 Å². The van der Waals surface area contributed by atoms with Crippen molar-refractivity contribution >= 4 is 11.3 Å². The van der Waals surface area contributed by atoms with Crippen molar-refractivity contribution in [2.24, 2.45) is 0 Å². The molecule has 0 radical (unpaired) electrons. The number of hydrogen-bond donors (Lipinski definition) is 1. The molecule has 1 aromatic carbocycles. The fourth-order valence-electron chi connectivity index (χ4n) is 1.88. The van der Waals surface area contributed by atoms with Gasteiger partial charge in [-0.25, -0.2) is 4.98 Å². The third-order valence-corrected chi connectivity index (χ3v) is 3.68. The Balaban J connectivity index is 2.01. The van der Waals surface area contributed by atoms with E-state index in [9.17, 15) is 0 Å². The summed E-state index contributed by atoms with van der Waals surface area (Å²) >= 11 is 1.68. The van der Waals surface area contributed by atoms with Crippen LogP contribution in [0.25, 0.3) is 0 Å². The molecule has 0 saturated heterocycles. The second kappa shape index (κ2) is 5.98. The monoisotopic (exact) mass is 262 g/mol. The second-order valence-electron chi connectivity index (χ2n) is 4.20. The normalized spacial score (nSPS) is 12.4. The molecule has 0 amide bonds. The van der Waals surface area contributed by atoms with Gasteiger partial charge in [-0.1, -0.05) is 18.2 Å². The van der Waals surface area contributed by atoms with Gasteiger partial charge in [-0.3, -0.25) is 0 Å². The van der Waals surface area contributed by atoms with Gasteiger partial charge in [-0.15, -0.1) is 11.3 Å². The van der Waals surface area contributed by atoms with Gasteiger partial charge in [0.05, 0.1) is 17.8 Å². The molecule has 0 spiro atoms. The Hall–Kier alpha value is -1.39. The first-order valence-electron chi connectivity index (χ1n) is 5.98. The van der Waals surface area contributed by atoms with E-state index in [1.807, 2.05) is 25.1 Å². The van der Waals surface area contributed by atoms with Gasteiger partial charge in [0.25, 0.3) is 0 Å². The van der Waals surface area contributed by atoms with Crippen molar-refractivity contribution in [2.45, 2.75) is 26.4 Å². The molecule has 0 fully saturated rings. The summed E-state index contributed by atoms with van der Waals surface area (Å²) in [6.45, 7) is 4.94. The quantitative estimate of drug-likeness (QED) is 0.897. The first kappa shape index (κ1) is 13.1. The van der Waals surface area contributed by atoms with Crippen LogP contribution in [0, 0.1) is 6.92 Å². The molecule has 96 valence electrons. The van der Waals surface area contributed by atoms with Gasteiger partial charge in [0.1, 0.15) is 5.75 Å². The van der Waals surface area contributed by atoms with E-state index in [4.69, 9.17) is 4.74 Å². The van der Waals surface area contributed by atoms with Gasteiger partial charge < -0.3 is 10.1 Å². The van der Waals surface area contributed by atoms with E-state index in [0.717, 1.165) is 23.0 Å². The minimum absolute atomic E-state index is 0.239. The van der Waals surface area contributed by atoms with Crippen LogP contribution in [0.3, 0.4) is 0 Å². The maximum atomic E-state index is 5.37. The zero-order chi connectivity index (χ0) is 13.0. The molecule has 0 unspecified atom stereocenters. The van der Waals surface area contributed by atoms with Crippen LogP contribution in [-0.4, -0.2) is 12.1 Å². The Labute approximate surface area is 112 Å². The topological polar surface area (TPSA) is 34.1 Å². The summed E-state index contributed by atoms with van der Waals surface area (Å²) in [7, 11) is 1.70. The highest BCUT2D eigenvalue weighted by atomic mass is 32.1. The zero-order valence-electron chi connectivity index (χ0n) is 10.9. The summed E-state index contributed by atoms with van der Waals surface area (Å²) in [5.41, 5.74) is 2.27. The van der Waals surface area contributed by atoms with Crippen LogP contribution in [0.5, 0.6) is 5.75 Å². The standard InChI is InChI=1S/C14H18N2OS/c1-10(13-6-4-5-7-14(13)17-3)15-8-12-9-18-11(2)16-12/h4-7,9-10,15H,8H2,1-3H3/t10-/m0/s1. The maximum Gasteiger partial charge on any atom is 0.123 e. The number of para-hydroxylation sites is 1. The van der Waals surface area contributed by atoms with Crippen molar-refractivity contribution < 1.29 is 4.74 Å².